The molecule has 1 aromatic carbocycles. The van der Waals surface area contributed by atoms with Crippen LogP contribution in [0.1, 0.15) is 26.2 Å². The second-order valence-electron chi connectivity index (χ2n) is 8.08. The predicted molar refractivity (Wildman–Crippen MR) is 122 cm³/mol. The van der Waals surface area contributed by atoms with Crippen molar-refractivity contribution in [3.63, 3.8) is 0 Å². The Kier molecular flexibility index (Phi) is 7.34. The van der Waals surface area contributed by atoms with E-state index in [1.165, 1.54) is 29.6 Å². The lowest BCUT2D eigenvalue weighted by atomic mass is 9.97. The van der Waals surface area contributed by atoms with Gasteiger partial charge in [-0.05, 0) is 38.8 Å². The van der Waals surface area contributed by atoms with Crippen LogP contribution in [0.2, 0.25) is 5.15 Å². The van der Waals surface area contributed by atoms with E-state index in [2.05, 4.69) is 32.3 Å². The highest BCUT2D eigenvalue weighted by molar-refractivity contribution is 6.32. The molecule has 1 aliphatic rings. The number of nitrogens with zero attached hydrogens (tertiary/aromatic N) is 6. The Labute approximate surface area is 196 Å². The Morgan fingerprint density at radius 3 is 2.73 bits per heavy atom. The lowest BCUT2D eigenvalue weighted by Crippen LogP contribution is -2.34. The van der Waals surface area contributed by atoms with E-state index in [-0.39, 0.29) is 33.7 Å². The molecule has 0 aliphatic carbocycles. The minimum absolute atomic E-state index is 0.0592. The van der Waals surface area contributed by atoms with Crippen molar-refractivity contribution in [2.45, 2.75) is 26.2 Å². The second kappa shape index (κ2) is 10.4. The Hall–Kier alpha value is -2.85. The van der Waals surface area contributed by atoms with Crippen LogP contribution in [0.15, 0.2) is 24.9 Å². The quantitative estimate of drug-likeness (QED) is 0.389. The highest BCUT2D eigenvalue weighted by Gasteiger charge is 2.28. The Morgan fingerprint density at radius 2 is 2.06 bits per heavy atom. The van der Waals surface area contributed by atoms with Gasteiger partial charge in [-0.2, -0.15) is 14.8 Å². The summed E-state index contributed by atoms with van der Waals surface area (Å²) in [5.74, 6) is -0.625. The van der Waals surface area contributed by atoms with E-state index in [1.807, 2.05) is 11.9 Å². The van der Waals surface area contributed by atoms with Gasteiger partial charge in [-0.3, -0.25) is 0 Å². The third-order valence-electron chi connectivity index (χ3n) is 5.71. The van der Waals surface area contributed by atoms with Crippen molar-refractivity contribution in [2.75, 3.05) is 38.2 Å². The number of hydrogen-bond acceptors (Lipinski definition) is 7. The number of aromatic nitrogens is 5. The van der Waals surface area contributed by atoms with Gasteiger partial charge in [0.1, 0.15) is 35.1 Å². The number of anilines is 1. The lowest BCUT2D eigenvalue weighted by Gasteiger charge is -2.34. The Balaban J connectivity index is 1.75. The summed E-state index contributed by atoms with van der Waals surface area (Å²) in [4.78, 5) is 14.1. The van der Waals surface area contributed by atoms with Crippen LogP contribution in [0.25, 0.3) is 17.1 Å². The Morgan fingerprint density at radius 1 is 1.27 bits per heavy atom. The van der Waals surface area contributed by atoms with E-state index < -0.39 is 11.6 Å². The van der Waals surface area contributed by atoms with E-state index in [9.17, 15) is 0 Å². The molecule has 1 N–H and O–H groups in total. The number of benzene rings is 1. The molecular formula is C22H26ClF2N7O. The maximum absolute atomic E-state index is 16.0. The fraction of sp³-hybridized carbons (Fsp3) is 0.455. The fourth-order valence-corrected chi connectivity index (χ4v) is 4.06. The zero-order valence-electron chi connectivity index (χ0n) is 18.6. The number of nitrogens with one attached hydrogen (secondary N) is 1. The highest BCUT2D eigenvalue weighted by Crippen LogP contribution is 2.42. The molecule has 0 atom stereocenters. The first-order valence-electron chi connectivity index (χ1n) is 10.9. The van der Waals surface area contributed by atoms with Gasteiger partial charge < -0.3 is 15.0 Å². The molecule has 2 aromatic heterocycles. The first-order chi connectivity index (χ1) is 16.0. The zero-order chi connectivity index (χ0) is 23.4. The number of rotatable bonds is 8. The number of ether oxygens (including phenoxy) is 1. The summed E-state index contributed by atoms with van der Waals surface area (Å²) >= 11 is 6.34. The molecule has 0 spiro atoms. The second-order valence-corrected chi connectivity index (χ2v) is 8.44. The van der Waals surface area contributed by atoms with E-state index in [0.717, 1.165) is 19.4 Å². The maximum Gasteiger partial charge on any atom is 0.253 e. The average Bonchev–Trinajstić information content (AvgIpc) is 3.34. The van der Waals surface area contributed by atoms with Gasteiger partial charge in [-0.15, -0.1) is 0 Å². The maximum atomic E-state index is 16.0. The van der Waals surface area contributed by atoms with Crippen LogP contribution in [0.3, 0.4) is 0 Å². The summed E-state index contributed by atoms with van der Waals surface area (Å²) in [5.41, 5.74) is 0.0319. The van der Waals surface area contributed by atoms with Crippen LogP contribution < -0.4 is 15.0 Å². The monoisotopic (exact) mass is 477 g/mol. The van der Waals surface area contributed by atoms with Gasteiger partial charge in [0.05, 0.1) is 12.2 Å². The molecule has 8 nitrogen and oxygen atoms in total. The van der Waals surface area contributed by atoms with Gasteiger partial charge in [0.15, 0.2) is 5.82 Å². The molecule has 0 unspecified atom stereocenters. The van der Waals surface area contributed by atoms with Crippen LogP contribution in [0, 0.1) is 17.6 Å². The van der Waals surface area contributed by atoms with Crippen LogP contribution in [0.5, 0.6) is 5.75 Å². The first-order valence-corrected chi connectivity index (χ1v) is 11.3. The number of piperidine rings is 1. The molecule has 3 aromatic rings. The predicted octanol–water partition coefficient (Wildman–Crippen LogP) is 3.88. The first kappa shape index (κ1) is 23.3. The summed E-state index contributed by atoms with van der Waals surface area (Å²) in [5, 5.41) is 6.89. The van der Waals surface area contributed by atoms with E-state index in [0.29, 0.717) is 32.0 Å². The van der Waals surface area contributed by atoms with E-state index in [1.54, 1.807) is 0 Å². The smallest absolute Gasteiger partial charge is 0.253 e. The minimum Gasteiger partial charge on any atom is -0.491 e. The molecule has 3 heterocycles. The van der Waals surface area contributed by atoms with Gasteiger partial charge in [0.25, 0.3) is 5.95 Å². The summed E-state index contributed by atoms with van der Waals surface area (Å²) < 4.78 is 38.4. The molecule has 33 heavy (non-hydrogen) atoms. The Bertz CT molecular complexity index is 1090. The van der Waals surface area contributed by atoms with Crippen LogP contribution in [-0.4, -0.2) is 58.0 Å². The van der Waals surface area contributed by atoms with Gasteiger partial charge >= 0.3 is 0 Å². The molecule has 0 saturated carbocycles. The van der Waals surface area contributed by atoms with E-state index >= 15 is 8.78 Å². The number of halogens is 3. The SMILES string of the molecule is CNCCCOc1cc(F)c(-c2cnc(-n3cncn3)nc2Cl)c(F)c1N1CCC(C)CC1. The molecule has 176 valence electrons. The van der Waals surface area contributed by atoms with Crippen molar-refractivity contribution in [3.8, 4) is 22.8 Å². The third kappa shape index (κ3) is 5.06. The van der Waals surface area contributed by atoms with Gasteiger partial charge in [0, 0.05) is 30.9 Å². The standard InChI is InChI=1S/C22H26ClF2N7O/c1-14-4-7-31(8-5-14)20-17(33-9-3-6-26-2)10-16(24)18(19(20)25)15-11-28-22(30-21(15)23)32-13-27-12-29-32/h10-14,26H,3-9H2,1-2H3. The summed E-state index contributed by atoms with van der Waals surface area (Å²) in [6.07, 6.45) is 6.57. The molecule has 11 heteroatoms. The van der Waals surface area contributed by atoms with Crippen molar-refractivity contribution in [3.05, 3.63) is 41.7 Å². The fourth-order valence-electron chi connectivity index (χ4n) is 3.84. The zero-order valence-corrected chi connectivity index (χ0v) is 19.3. The summed E-state index contributed by atoms with van der Waals surface area (Å²) in [6, 6.07) is 1.23. The van der Waals surface area contributed by atoms with Crippen molar-refractivity contribution in [1.29, 1.82) is 0 Å². The molecular weight excluding hydrogens is 452 g/mol. The van der Waals surface area contributed by atoms with Crippen molar-refractivity contribution < 1.29 is 13.5 Å². The summed E-state index contributed by atoms with van der Waals surface area (Å²) in [7, 11) is 1.84. The van der Waals surface area contributed by atoms with Gasteiger partial charge in [-0.25, -0.2) is 18.7 Å². The molecule has 0 radical (unpaired) electrons. The van der Waals surface area contributed by atoms with Crippen molar-refractivity contribution in [1.82, 2.24) is 30.0 Å². The van der Waals surface area contributed by atoms with Crippen molar-refractivity contribution in [2.24, 2.45) is 5.92 Å². The molecule has 0 bridgehead atoms. The molecule has 1 saturated heterocycles. The van der Waals surface area contributed by atoms with E-state index in [4.69, 9.17) is 16.3 Å². The third-order valence-corrected chi connectivity index (χ3v) is 6.00. The largest absolute Gasteiger partial charge is 0.491 e. The van der Waals surface area contributed by atoms with Gasteiger partial charge in [0.2, 0.25) is 0 Å². The van der Waals surface area contributed by atoms with Crippen LogP contribution in [0.4, 0.5) is 14.5 Å². The van der Waals surface area contributed by atoms with Crippen molar-refractivity contribution >= 4 is 17.3 Å². The van der Waals surface area contributed by atoms with Crippen LogP contribution in [-0.2, 0) is 0 Å². The molecule has 1 aliphatic heterocycles. The van der Waals surface area contributed by atoms with Gasteiger partial charge in [-0.1, -0.05) is 18.5 Å². The van der Waals surface area contributed by atoms with Crippen LogP contribution >= 0.6 is 11.6 Å². The normalized spacial score (nSPS) is 14.6. The highest BCUT2D eigenvalue weighted by atomic mass is 35.5. The topological polar surface area (TPSA) is 81.0 Å². The molecule has 1 fully saturated rings. The lowest BCUT2D eigenvalue weighted by molar-refractivity contribution is 0.305. The molecule has 0 amide bonds. The average molecular weight is 478 g/mol. The number of hydrogen-bond donors (Lipinski definition) is 1. The summed E-state index contributed by atoms with van der Waals surface area (Å²) in [6.45, 7) is 4.57. The minimum atomic E-state index is -0.788. The molecule has 4 rings (SSSR count).